The molecule has 3 fully saturated rings. The molecule has 0 N–H and O–H groups in total. The van der Waals surface area contributed by atoms with Crippen LogP contribution in [0.25, 0.3) is 0 Å². The third kappa shape index (κ3) is 1.27. The zero-order valence-corrected chi connectivity index (χ0v) is 10.9. The fourth-order valence-electron chi connectivity index (χ4n) is 3.73. The minimum Gasteiger partial charge on any atom is -0.295 e. The van der Waals surface area contributed by atoms with E-state index in [4.69, 9.17) is 0 Å². The number of fused-ring (bicyclic) bond motifs is 2. The topological polar surface area (TPSA) is 34.1 Å². The Bertz CT molecular complexity index is 440. The second-order valence-electron chi connectivity index (χ2n) is 6.75. The predicted octanol–water partition coefficient (Wildman–Crippen LogP) is 2.92. The molecule has 0 aromatic heterocycles. The van der Waals surface area contributed by atoms with Crippen molar-refractivity contribution in [3.05, 3.63) is 11.6 Å². The molecular weight excluding hydrogens is 212 g/mol. The normalized spacial score (nSPS) is 41.2. The molecule has 3 aliphatic carbocycles. The van der Waals surface area contributed by atoms with Crippen LogP contribution in [0.4, 0.5) is 0 Å². The molecule has 3 rings (SSSR count). The maximum absolute atomic E-state index is 12.5. The fourth-order valence-corrected chi connectivity index (χ4v) is 3.73. The lowest BCUT2D eigenvalue weighted by atomic mass is 9.70. The van der Waals surface area contributed by atoms with Crippen molar-refractivity contribution in [3.8, 4) is 0 Å². The molecule has 0 saturated heterocycles. The van der Waals surface area contributed by atoms with E-state index in [0.29, 0.717) is 5.92 Å². The van der Waals surface area contributed by atoms with Crippen molar-refractivity contribution >= 4 is 11.6 Å². The number of hydrogen-bond acceptors (Lipinski definition) is 2. The molecule has 17 heavy (non-hydrogen) atoms. The largest absolute Gasteiger partial charge is 0.295 e. The molecule has 0 unspecified atom stereocenters. The molecule has 3 aliphatic rings. The van der Waals surface area contributed by atoms with Crippen LogP contribution < -0.4 is 0 Å². The summed E-state index contributed by atoms with van der Waals surface area (Å²) in [4.78, 5) is 24.3. The minimum atomic E-state index is -0.229. The highest BCUT2D eigenvalue weighted by molar-refractivity contribution is 6.09. The number of allylic oxidation sites excluding steroid dienone is 2. The molecule has 2 bridgehead atoms. The highest BCUT2D eigenvalue weighted by Gasteiger charge is 2.64. The van der Waals surface area contributed by atoms with Gasteiger partial charge in [-0.15, -0.1) is 0 Å². The van der Waals surface area contributed by atoms with E-state index in [9.17, 15) is 9.59 Å². The van der Waals surface area contributed by atoms with Crippen LogP contribution in [-0.2, 0) is 9.59 Å². The van der Waals surface area contributed by atoms with Crippen molar-refractivity contribution in [2.45, 2.75) is 46.5 Å². The van der Waals surface area contributed by atoms with Gasteiger partial charge in [-0.05, 0) is 43.1 Å². The zero-order chi connectivity index (χ0) is 12.4. The van der Waals surface area contributed by atoms with Crippen LogP contribution >= 0.6 is 0 Å². The summed E-state index contributed by atoms with van der Waals surface area (Å²) < 4.78 is 0. The Balaban J connectivity index is 1.98. The van der Waals surface area contributed by atoms with Gasteiger partial charge in [0, 0.05) is 16.9 Å². The maximum atomic E-state index is 12.5. The average molecular weight is 232 g/mol. The molecule has 0 spiro atoms. The van der Waals surface area contributed by atoms with Gasteiger partial charge in [0.05, 0.1) is 0 Å². The van der Waals surface area contributed by atoms with Gasteiger partial charge in [-0.1, -0.05) is 20.8 Å². The second-order valence-corrected chi connectivity index (χ2v) is 6.75. The summed E-state index contributed by atoms with van der Waals surface area (Å²) in [5.74, 6) is 0.973. The van der Waals surface area contributed by atoms with E-state index in [1.807, 2.05) is 0 Å². The Morgan fingerprint density at radius 1 is 1.24 bits per heavy atom. The van der Waals surface area contributed by atoms with Crippen LogP contribution in [0.1, 0.15) is 46.5 Å². The number of carbonyl (C=O) groups is 2. The Labute approximate surface area is 102 Å². The molecular formula is C15H20O2. The smallest absolute Gasteiger partial charge is 0.165 e. The molecule has 92 valence electrons. The molecule has 0 amide bonds. The molecule has 2 heteroatoms. The van der Waals surface area contributed by atoms with Crippen LogP contribution in [0.15, 0.2) is 11.6 Å². The first-order valence-corrected chi connectivity index (χ1v) is 6.68. The Morgan fingerprint density at radius 3 is 2.35 bits per heavy atom. The molecule has 0 radical (unpaired) electrons. The average Bonchev–Trinajstić information content (AvgIpc) is 3.03. The molecule has 2 nitrogen and oxygen atoms in total. The molecule has 0 heterocycles. The highest BCUT2D eigenvalue weighted by Crippen LogP contribution is 2.65. The van der Waals surface area contributed by atoms with Crippen molar-refractivity contribution in [2.24, 2.45) is 22.7 Å². The first kappa shape index (κ1) is 11.2. The van der Waals surface area contributed by atoms with Gasteiger partial charge in [0.15, 0.2) is 11.6 Å². The predicted molar refractivity (Wildman–Crippen MR) is 65.4 cm³/mol. The van der Waals surface area contributed by atoms with E-state index in [1.54, 1.807) is 6.08 Å². The number of rotatable bonds is 2. The summed E-state index contributed by atoms with van der Waals surface area (Å²) in [6.07, 6.45) is 5.78. The zero-order valence-electron chi connectivity index (χ0n) is 10.9. The van der Waals surface area contributed by atoms with Crippen LogP contribution in [0.2, 0.25) is 0 Å². The van der Waals surface area contributed by atoms with Gasteiger partial charge in [0.1, 0.15) is 0 Å². The lowest BCUT2D eigenvalue weighted by Crippen LogP contribution is -2.32. The van der Waals surface area contributed by atoms with Gasteiger partial charge in [-0.25, -0.2) is 0 Å². The van der Waals surface area contributed by atoms with Crippen molar-refractivity contribution in [1.82, 2.24) is 0 Å². The summed E-state index contributed by atoms with van der Waals surface area (Å²) in [7, 11) is 0. The number of hydrogen-bond donors (Lipinski definition) is 0. The van der Waals surface area contributed by atoms with Crippen molar-refractivity contribution < 1.29 is 9.59 Å². The molecule has 2 atom stereocenters. The van der Waals surface area contributed by atoms with Gasteiger partial charge in [-0.2, -0.15) is 0 Å². The monoisotopic (exact) mass is 232 g/mol. The summed E-state index contributed by atoms with van der Waals surface area (Å²) in [6.45, 7) is 6.45. The summed E-state index contributed by atoms with van der Waals surface area (Å²) >= 11 is 0. The SMILES string of the molecule is CC1(C)[C@H]2CC[C@]1(C)C(=O)/C2=C/C(=O)C1CC1. The summed E-state index contributed by atoms with van der Waals surface area (Å²) in [6, 6.07) is 0. The van der Waals surface area contributed by atoms with Crippen molar-refractivity contribution in [2.75, 3.05) is 0 Å². The number of Topliss-reactive ketones (excluding diaryl/α,β-unsaturated/α-hetero) is 1. The molecule has 0 aromatic carbocycles. The van der Waals surface area contributed by atoms with Crippen LogP contribution in [0.5, 0.6) is 0 Å². The quantitative estimate of drug-likeness (QED) is 0.686. The summed E-state index contributed by atoms with van der Waals surface area (Å²) in [5, 5.41) is 0. The molecule has 0 aromatic rings. The van der Waals surface area contributed by atoms with Gasteiger partial charge < -0.3 is 0 Å². The molecule has 0 aliphatic heterocycles. The number of ketones is 2. The van der Waals surface area contributed by atoms with Gasteiger partial charge in [0.25, 0.3) is 0 Å². The first-order valence-electron chi connectivity index (χ1n) is 6.68. The van der Waals surface area contributed by atoms with Crippen molar-refractivity contribution in [3.63, 3.8) is 0 Å². The first-order chi connectivity index (χ1) is 7.88. The second kappa shape index (κ2) is 3.09. The van der Waals surface area contributed by atoms with Crippen molar-refractivity contribution in [1.29, 1.82) is 0 Å². The van der Waals surface area contributed by atoms with Crippen LogP contribution in [0.3, 0.4) is 0 Å². The lowest BCUT2D eigenvalue weighted by molar-refractivity contribution is -0.125. The highest BCUT2D eigenvalue weighted by atomic mass is 16.1. The Morgan fingerprint density at radius 2 is 1.88 bits per heavy atom. The third-order valence-corrected chi connectivity index (χ3v) is 5.64. The fraction of sp³-hybridized carbons (Fsp3) is 0.733. The Hall–Kier alpha value is -0.920. The molecule has 3 saturated carbocycles. The van der Waals surface area contributed by atoms with E-state index in [0.717, 1.165) is 31.3 Å². The van der Waals surface area contributed by atoms with E-state index in [2.05, 4.69) is 20.8 Å². The standard InChI is InChI=1S/C15H20O2/c1-14(2)11-6-7-15(14,3)13(17)10(11)8-12(16)9-4-5-9/h8-9,11H,4-7H2,1-3H3/b10-8+/t11-,15+/m0/s1. The van der Waals surface area contributed by atoms with E-state index >= 15 is 0 Å². The summed E-state index contributed by atoms with van der Waals surface area (Å²) in [5.41, 5.74) is 0.633. The van der Waals surface area contributed by atoms with E-state index in [-0.39, 0.29) is 28.3 Å². The maximum Gasteiger partial charge on any atom is 0.165 e. The van der Waals surface area contributed by atoms with E-state index in [1.165, 1.54) is 0 Å². The van der Waals surface area contributed by atoms with Gasteiger partial charge in [0.2, 0.25) is 0 Å². The lowest BCUT2D eigenvalue weighted by Gasteiger charge is -2.31. The van der Waals surface area contributed by atoms with Gasteiger partial charge >= 0.3 is 0 Å². The number of carbonyl (C=O) groups excluding carboxylic acids is 2. The minimum absolute atomic E-state index is 0.0275. The third-order valence-electron chi connectivity index (χ3n) is 5.64. The van der Waals surface area contributed by atoms with Crippen LogP contribution in [0, 0.1) is 22.7 Å². The van der Waals surface area contributed by atoms with Gasteiger partial charge in [-0.3, -0.25) is 9.59 Å². The van der Waals surface area contributed by atoms with E-state index < -0.39 is 0 Å². The Kier molecular flexibility index (Phi) is 2.04. The van der Waals surface area contributed by atoms with Crippen LogP contribution in [-0.4, -0.2) is 11.6 Å².